The van der Waals surface area contributed by atoms with Crippen molar-refractivity contribution >= 4 is 17.7 Å². The number of hydrogen-bond acceptors (Lipinski definition) is 3. The van der Waals surface area contributed by atoms with Crippen molar-refractivity contribution in [3.8, 4) is 0 Å². The first-order valence-corrected chi connectivity index (χ1v) is 9.17. The van der Waals surface area contributed by atoms with Gasteiger partial charge in [-0.15, -0.1) is 0 Å². The Hall–Kier alpha value is -0.220. The Kier molecular flexibility index (Phi) is 3.82. The van der Waals surface area contributed by atoms with Gasteiger partial charge in [0.15, 0.2) is 0 Å². The predicted octanol–water partition coefficient (Wildman–Crippen LogP) is 2.61. The van der Waals surface area contributed by atoms with Gasteiger partial charge >= 0.3 is 0 Å². The minimum atomic E-state index is -0.138. The molecule has 1 heterocycles. The van der Waals surface area contributed by atoms with Gasteiger partial charge in [0, 0.05) is 6.04 Å². The zero-order valence-corrected chi connectivity index (χ0v) is 13.0. The minimum absolute atomic E-state index is 0.138. The van der Waals surface area contributed by atoms with Crippen LogP contribution in [0.2, 0.25) is 0 Å². The number of hydrogen-bond donors (Lipinski definition) is 1. The Labute approximate surface area is 120 Å². The lowest BCUT2D eigenvalue weighted by atomic mass is 10.0. The number of nitrogens with zero attached hydrogens (tertiary/aromatic N) is 1. The molecule has 1 aliphatic heterocycles. The molecule has 1 N–H and O–H groups in total. The fourth-order valence-corrected chi connectivity index (χ4v) is 4.37. The van der Waals surface area contributed by atoms with Crippen LogP contribution in [0.3, 0.4) is 0 Å². The van der Waals surface area contributed by atoms with E-state index < -0.39 is 0 Å². The van der Waals surface area contributed by atoms with Gasteiger partial charge in [0.25, 0.3) is 0 Å². The van der Waals surface area contributed by atoms with Crippen LogP contribution in [-0.4, -0.2) is 40.6 Å². The zero-order chi connectivity index (χ0) is 13.5. The Bertz CT molecular complexity index is 350. The van der Waals surface area contributed by atoms with Gasteiger partial charge in [-0.05, 0) is 57.0 Å². The molecule has 19 heavy (non-hydrogen) atoms. The molecule has 1 amide bonds. The number of carbonyl (C=O) groups excluding carboxylic acids is 1. The van der Waals surface area contributed by atoms with Crippen molar-refractivity contribution < 1.29 is 4.79 Å². The van der Waals surface area contributed by atoms with E-state index in [2.05, 4.69) is 23.4 Å². The normalized spacial score (nSPS) is 31.4. The van der Waals surface area contributed by atoms with E-state index in [1.807, 2.05) is 11.8 Å². The quantitative estimate of drug-likeness (QED) is 0.841. The molecule has 0 aromatic carbocycles. The summed E-state index contributed by atoms with van der Waals surface area (Å²) in [6.07, 6.45) is 11.0. The van der Waals surface area contributed by atoms with Crippen LogP contribution in [0.15, 0.2) is 0 Å². The van der Waals surface area contributed by atoms with E-state index in [9.17, 15) is 4.79 Å². The second-order valence-corrected chi connectivity index (χ2v) is 7.54. The van der Waals surface area contributed by atoms with E-state index in [-0.39, 0.29) is 5.54 Å². The highest BCUT2D eigenvalue weighted by atomic mass is 32.2. The number of carbonyl (C=O) groups is 1. The molecule has 1 spiro atoms. The standard InChI is InChI=1S/C15H26N2OS/c1-11(7-10-19-2)17-13(12-5-3-4-6-12)16-15(8-9-15)14(17)18/h11-13,16H,3-10H2,1-2H3. The molecule has 2 aliphatic carbocycles. The number of amides is 1. The molecule has 3 nitrogen and oxygen atoms in total. The number of rotatable bonds is 5. The molecule has 2 saturated carbocycles. The summed E-state index contributed by atoms with van der Waals surface area (Å²) in [5, 5.41) is 3.71. The van der Waals surface area contributed by atoms with Crippen molar-refractivity contribution in [2.45, 2.75) is 69.6 Å². The first-order valence-electron chi connectivity index (χ1n) is 7.77. The van der Waals surface area contributed by atoms with Crippen molar-refractivity contribution in [1.82, 2.24) is 10.2 Å². The van der Waals surface area contributed by atoms with Gasteiger partial charge in [0.05, 0.1) is 11.7 Å². The highest BCUT2D eigenvalue weighted by Gasteiger charge is 2.60. The molecule has 0 aromatic rings. The number of nitrogens with one attached hydrogen (secondary N) is 1. The smallest absolute Gasteiger partial charge is 0.244 e. The maximum absolute atomic E-state index is 12.7. The van der Waals surface area contributed by atoms with Crippen LogP contribution in [0.1, 0.15) is 51.9 Å². The first-order chi connectivity index (χ1) is 9.18. The van der Waals surface area contributed by atoms with Gasteiger partial charge < -0.3 is 4.90 Å². The summed E-state index contributed by atoms with van der Waals surface area (Å²) in [5.74, 6) is 2.24. The van der Waals surface area contributed by atoms with Crippen molar-refractivity contribution in [1.29, 1.82) is 0 Å². The van der Waals surface area contributed by atoms with Crippen LogP contribution in [0, 0.1) is 5.92 Å². The molecule has 4 heteroatoms. The van der Waals surface area contributed by atoms with Gasteiger partial charge in [-0.2, -0.15) is 11.8 Å². The highest BCUT2D eigenvalue weighted by molar-refractivity contribution is 7.98. The Morgan fingerprint density at radius 3 is 2.68 bits per heavy atom. The van der Waals surface area contributed by atoms with E-state index in [0.717, 1.165) is 25.0 Å². The molecule has 3 fully saturated rings. The van der Waals surface area contributed by atoms with Gasteiger partial charge in [-0.1, -0.05) is 12.8 Å². The van der Waals surface area contributed by atoms with Gasteiger partial charge in [-0.3, -0.25) is 10.1 Å². The third-order valence-corrected chi connectivity index (χ3v) is 5.82. The van der Waals surface area contributed by atoms with Crippen molar-refractivity contribution in [3.63, 3.8) is 0 Å². The van der Waals surface area contributed by atoms with Crippen molar-refractivity contribution in [3.05, 3.63) is 0 Å². The summed E-state index contributed by atoms with van der Waals surface area (Å²) in [7, 11) is 0. The lowest BCUT2D eigenvalue weighted by Gasteiger charge is -2.33. The van der Waals surface area contributed by atoms with Crippen molar-refractivity contribution in [2.24, 2.45) is 5.92 Å². The van der Waals surface area contributed by atoms with Crippen LogP contribution in [0.25, 0.3) is 0 Å². The molecular weight excluding hydrogens is 256 g/mol. The minimum Gasteiger partial charge on any atom is -0.323 e. The topological polar surface area (TPSA) is 32.3 Å². The zero-order valence-electron chi connectivity index (χ0n) is 12.2. The molecule has 0 aromatic heterocycles. The molecule has 1 saturated heterocycles. The fourth-order valence-electron chi connectivity index (χ4n) is 3.79. The van der Waals surface area contributed by atoms with E-state index >= 15 is 0 Å². The van der Waals surface area contributed by atoms with E-state index in [1.165, 1.54) is 25.7 Å². The molecule has 0 bridgehead atoms. The van der Waals surface area contributed by atoms with Crippen LogP contribution in [-0.2, 0) is 4.79 Å². The van der Waals surface area contributed by atoms with Gasteiger partial charge in [0.2, 0.25) is 5.91 Å². The van der Waals surface area contributed by atoms with Gasteiger partial charge in [-0.25, -0.2) is 0 Å². The molecular formula is C15H26N2OS. The second-order valence-electron chi connectivity index (χ2n) is 6.56. The molecule has 3 aliphatic rings. The van der Waals surface area contributed by atoms with E-state index in [4.69, 9.17) is 0 Å². The fraction of sp³-hybridized carbons (Fsp3) is 0.933. The predicted molar refractivity (Wildman–Crippen MR) is 80.2 cm³/mol. The van der Waals surface area contributed by atoms with Crippen LogP contribution in [0.5, 0.6) is 0 Å². The van der Waals surface area contributed by atoms with E-state index in [0.29, 0.717) is 24.0 Å². The molecule has 0 radical (unpaired) electrons. The maximum atomic E-state index is 12.7. The third-order valence-electron chi connectivity index (χ3n) is 5.18. The lowest BCUT2D eigenvalue weighted by Crippen LogP contribution is -2.47. The summed E-state index contributed by atoms with van der Waals surface area (Å²) < 4.78 is 0. The summed E-state index contributed by atoms with van der Waals surface area (Å²) in [6.45, 7) is 2.24. The van der Waals surface area contributed by atoms with Crippen LogP contribution >= 0.6 is 11.8 Å². The van der Waals surface area contributed by atoms with Crippen molar-refractivity contribution in [2.75, 3.05) is 12.0 Å². The van der Waals surface area contributed by atoms with Crippen LogP contribution in [0.4, 0.5) is 0 Å². The van der Waals surface area contributed by atoms with Gasteiger partial charge in [0.1, 0.15) is 0 Å². The highest BCUT2D eigenvalue weighted by Crippen LogP contribution is 2.46. The molecule has 2 atom stereocenters. The molecule has 2 unspecified atom stereocenters. The summed E-state index contributed by atoms with van der Waals surface area (Å²) in [4.78, 5) is 14.9. The lowest BCUT2D eigenvalue weighted by molar-refractivity contribution is -0.133. The van der Waals surface area contributed by atoms with E-state index in [1.54, 1.807) is 0 Å². The Morgan fingerprint density at radius 2 is 2.11 bits per heavy atom. The largest absolute Gasteiger partial charge is 0.323 e. The monoisotopic (exact) mass is 282 g/mol. The Balaban J connectivity index is 1.74. The Morgan fingerprint density at radius 1 is 1.42 bits per heavy atom. The second kappa shape index (κ2) is 5.28. The summed E-state index contributed by atoms with van der Waals surface area (Å²) >= 11 is 1.88. The summed E-state index contributed by atoms with van der Waals surface area (Å²) in [6, 6.07) is 0.387. The number of thioether (sulfide) groups is 1. The average Bonchev–Trinajstić information content (AvgIpc) is 2.87. The molecule has 3 rings (SSSR count). The summed E-state index contributed by atoms with van der Waals surface area (Å²) in [5.41, 5.74) is -0.138. The third kappa shape index (κ3) is 2.42. The molecule has 108 valence electrons. The average molecular weight is 282 g/mol. The maximum Gasteiger partial charge on any atom is 0.244 e. The first kappa shape index (κ1) is 13.7. The SMILES string of the molecule is CSCCC(C)N1C(=O)C2(CC2)NC1C1CCCC1. The van der Waals surface area contributed by atoms with Crippen LogP contribution < -0.4 is 5.32 Å².